The van der Waals surface area contributed by atoms with E-state index >= 15 is 0 Å². The predicted octanol–water partition coefficient (Wildman–Crippen LogP) is 14.2. The van der Waals surface area contributed by atoms with Crippen molar-refractivity contribution in [1.82, 2.24) is 6.15 Å². The van der Waals surface area contributed by atoms with Crippen LogP contribution in [-0.4, -0.2) is 12.6 Å². The SMILES string of the molecule is CCCC.CCCCCCCCCCCCCCCCCC(=O)OCCCCCCCCCCCCCCCC.N. The van der Waals surface area contributed by atoms with E-state index in [1.807, 2.05) is 0 Å². The van der Waals surface area contributed by atoms with E-state index < -0.39 is 0 Å². The van der Waals surface area contributed by atoms with Gasteiger partial charge in [-0.1, -0.05) is 214 Å². The molecule has 0 aliphatic rings. The number of esters is 1. The first-order chi connectivity index (χ1) is 19.7. The van der Waals surface area contributed by atoms with Crippen LogP contribution in [0.25, 0.3) is 0 Å². The molecule has 0 unspecified atom stereocenters. The van der Waals surface area contributed by atoms with E-state index in [0.29, 0.717) is 13.0 Å². The zero-order valence-corrected chi connectivity index (χ0v) is 29.4. The Morgan fingerprint density at radius 3 is 0.854 bits per heavy atom. The van der Waals surface area contributed by atoms with Gasteiger partial charge < -0.3 is 10.9 Å². The molecule has 3 heteroatoms. The minimum atomic E-state index is 0. The highest BCUT2D eigenvalue weighted by atomic mass is 16.5. The summed E-state index contributed by atoms with van der Waals surface area (Å²) in [6, 6.07) is 0. The van der Waals surface area contributed by atoms with Gasteiger partial charge in [-0.05, 0) is 12.8 Å². The van der Waals surface area contributed by atoms with Crippen molar-refractivity contribution in [2.24, 2.45) is 0 Å². The summed E-state index contributed by atoms with van der Waals surface area (Å²) in [4.78, 5) is 11.9. The maximum Gasteiger partial charge on any atom is 0.305 e. The molecule has 0 spiro atoms. The first-order valence-electron chi connectivity index (χ1n) is 18.9. The minimum Gasteiger partial charge on any atom is -0.466 e. The second-order valence-electron chi connectivity index (χ2n) is 12.5. The second-order valence-corrected chi connectivity index (χ2v) is 12.5. The third-order valence-corrected chi connectivity index (χ3v) is 8.25. The molecule has 3 N–H and O–H groups in total. The molecule has 0 aromatic carbocycles. The molecule has 0 aromatic rings. The molecular weight excluding hydrogens is 502 g/mol. The quantitative estimate of drug-likeness (QED) is 0.0632. The summed E-state index contributed by atoms with van der Waals surface area (Å²) in [6.07, 6.45) is 42.8. The number of hydrogen-bond acceptors (Lipinski definition) is 3. The van der Waals surface area contributed by atoms with Crippen molar-refractivity contribution in [3.8, 4) is 0 Å². The molecule has 0 aliphatic carbocycles. The number of ether oxygens (including phenoxy) is 1. The van der Waals surface area contributed by atoms with Gasteiger partial charge in [-0.2, -0.15) is 0 Å². The van der Waals surface area contributed by atoms with E-state index in [-0.39, 0.29) is 12.1 Å². The van der Waals surface area contributed by atoms with Crippen LogP contribution in [-0.2, 0) is 9.53 Å². The molecule has 250 valence electrons. The molecule has 0 aromatic heterocycles. The molecular formula is C38H81NO2. The van der Waals surface area contributed by atoms with E-state index in [0.717, 1.165) is 12.8 Å². The van der Waals surface area contributed by atoms with E-state index in [1.54, 1.807) is 0 Å². The molecule has 0 bridgehead atoms. The Hall–Kier alpha value is -0.570. The van der Waals surface area contributed by atoms with Gasteiger partial charge in [0.25, 0.3) is 0 Å². The molecule has 3 nitrogen and oxygen atoms in total. The fraction of sp³-hybridized carbons (Fsp3) is 0.974. The minimum absolute atomic E-state index is 0. The predicted molar refractivity (Wildman–Crippen MR) is 186 cm³/mol. The Bertz CT molecular complexity index is 402. The third kappa shape index (κ3) is 46.6. The van der Waals surface area contributed by atoms with Gasteiger partial charge in [0.1, 0.15) is 0 Å². The van der Waals surface area contributed by atoms with E-state index in [1.165, 1.54) is 186 Å². The van der Waals surface area contributed by atoms with Crippen molar-refractivity contribution in [3.63, 3.8) is 0 Å². The van der Waals surface area contributed by atoms with Crippen LogP contribution in [0.4, 0.5) is 0 Å². The fourth-order valence-electron chi connectivity index (χ4n) is 5.20. The Balaban J connectivity index is -0.00000269. The lowest BCUT2D eigenvalue weighted by molar-refractivity contribution is -0.143. The van der Waals surface area contributed by atoms with Gasteiger partial charge in [-0.25, -0.2) is 0 Å². The van der Waals surface area contributed by atoms with Crippen LogP contribution < -0.4 is 6.15 Å². The normalized spacial score (nSPS) is 10.6. The molecule has 0 fully saturated rings. The monoisotopic (exact) mass is 584 g/mol. The summed E-state index contributed by atoms with van der Waals surface area (Å²) >= 11 is 0. The Kier molecular flexibility index (Phi) is 48.0. The topological polar surface area (TPSA) is 61.3 Å². The first kappa shape index (κ1) is 44.9. The van der Waals surface area contributed by atoms with Gasteiger partial charge in [-0.15, -0.1) is 0 Å². The summed E-state index contributed by atoms with van der Waals surface area (Å²) in [5, 5.41) is 0. The molecule has 0 rings (SSSR count). The van der Waals surface area contributed by atoms with E-state index in [4.69, 9.17) is 4.74 Å². The Morgan fingerprint density at radius 2 is 0.585 bits per heavy atom. The second kappa shape index (κ2) is 43.9. The number of carbonyl (C=O) groups is 1. The molecule has 0 amide bonds. The maximum absolute atomic E-state index is 11.9. The van der Waals surface area contributed by atoms with Crippen molar-refractivity contribution in [2.45, 2.75) is 233 Å². The summed E-state index contributed by atoms with van der Waals surface area (Å²) in [5.74, 6) is 0.0272. The molecule has 0 aliphatic heterocycles. The summed E-state index contributed by atoms with van der Waals surface area (Å²) in [5.41, 5.74) is 0. The molecule has 41 heavy (non-hydrogen) atoms. The summed E-state index contributed by atoms with van der Waals surface area (Å²) in [7, 11) is 0. The van der Waals surface area contributed by atoms with Gasteiger partial charge in [-0.3, -0.25) is 4.79 Å². The summed E-state index contributed by atoms with van der Waals surface area (Å²) < 4.78 is 5.43. The third-order valence-electron chi connectivity index (χ3n) is 8.25. The largest absolute Gasteiger partial charge is 0.466 e. The van der Waals surface area contributed by atoms with Crippen LogP contribution in [0.2, 0.25) is 0 Å². The standard InChI is InChI=1S/C34H68O2.C4H10.H3N/c1-3-5-7-9-11-13-15-17-19-20-22-24-26-28-30-32-34(35)36-33-31-29-27-25-23-21-18-16-14-12-10-8-6-4-2;1-3-4-2;/h3-33H2,1-2H3;3-4H2,1-2H3;1H3. The zero-order chi connectivity index (χ0) is 29.6. The van der Waals surface area contributed by atoms with Crippen molar-refractivity contribution in [3.05, 3.63) is 0 Å². The van der Waals surface area contributed by atoms with Crippen molar-refractivity contribution < 1.29 is 9.53 Å². The highest BCUT2D eigenvalue weighted by Gasteiger charge is 2.03. The zero-order valence-electron chi connectivity index (χ0n) is 29.4. The molecule has 0 saturated carbocycles. The van der Waals surface area contributed by atoms with Crippen molar-refractivity contribution in [2.75, 3.05) is 6.61 Å². The van der Waals surface area contributed by atoms with Crippen molar-refractivity contribution >= 4 is 5.97 Å². The average molecular weight is 584 g/mol. The fourth-order valence-corrected chi connectivity index (χ4v) is 5.20. The van der Waals surface area contributed by atoms with E-state index in [2.05, 4.69) is 27.7 Å². The Morgan fingerprint density at radius 1 is 0.341 bits per heavy atom. The smallest absolute Gasteiger partial charge is 0.305 e. The van der Waals surface area contributed by atoms with Crippen LogP contribution in [0.5, 0.6) is 0 Å². The van der Waals surface area contributed by atoms with Gasteiger partial charge in [0, 0.05) is 6.42 Å². The highest BCUT2D eigenvalue weighted by Crippen LogP contribution is 2.15. The van der Waals surface area contributed by atoms with Crippen LogP contribution in [0.1, 0.15) is 233 Å². The number of carbonyl (C=O) groups excluding carboxylic acids is 1. The van der Waals surface area contributed by atoms with Gasteiger partial charge in [0.2, 0.25) is 0 Å². The first-order valence-corrected chi connectivity index (χ1v) is 18.9. The lowest BCUT2D eigenvalue weighted by Gasteiger charge is -2.06. The van der Waals surface area contributed by atoms with Gasteiger partial charge >= 0.3 is 5.97 Å². The molecule has 0 heterocycles. The van der Waals surface area contributed by atoms with Gasteiger partial charge in [0.05, 0.1) is 6.61 Å². The molecule has 0 radical (unpaired) electrons. The average Bonchev–Trinajstić information content (AvgIpc) is 2.97. The Labute approximate surface area is 261 Å². The molecule has 0 atom stereocenters. The number of unbranched alkanes of at least 4 members (excludes halogenated alkanes) is 28. The van der Waals surface area contributed by atoms with Crippen molar-refractivity contribution in [1.29, 1.82) is 0 Å². The lowest BCUT2D eigenvalue weighted by atomic mass is 10.0. The lowest BCUT2D eigenvalue weighted by Crippen LogP contribution is -2.05. The van der Waals surface area contributed by atoms with Crippen LogP contribution in [0, 0.1) is 0 Å². The number of rotatable bonds is 32. The maximum atomic E-state index is 11.9. The number of hydrogen-bond donors (Lipinski definition) is 1. The van der Waals surface area contributed by atoms with Crippen LogP contribution in [0.15, 0.2) is 0 Å². The summed E-state index contributed by atoms with van der Waals surface area (Å²) in [6.45, 7) is 9.57. The van der Waals surface area contributed by atoms with Gasteiger partial charge in [0.15, 0.2) is 0 Å². The molecule has 0 saturated heterocycles. The van der Waals surface area contributed by atoms with E-state index in [9.17, 15) is 4.79 Å². The van der Waals surface area contributed by atoms with Crippen LogP contribution >= 0.6 is 0 Å². The highest BCUT2D eigenvalue weighted by molar-refractivity contribution is 5.69. The van der Waals surface area contributed by atoms with Crippen LogP contribution in [0.3, 0.4) is 0 Å².